The Morgan fingerprint density at radius 3 is 2.38 bits per heavy atom. The predicted molar refractivity (Wildman–Crippen MR) is 117 cm³/mol. The minimum atomic E-state index is -4.37. The van der Waals surface area contributed by atoms with Crippen LogP contribution < -0.4 is 10.2 Å². The summed E-state index contributed by atoms with van der Waals surface area (Å²) >= 11 is 0. The van der Waals surface area contributed by atoms with Crippen LogP contribution in [0.4, 0.5) is 29.2 Å². The van der Waals surface area contributed by atoms with E-state index in [0.29, 0.717) is 13.1 Å². The van der Waals surface area contributed by atoms with Gasteiger partial charge >= 0.3 is 6.18 Å². The molecule has 1 saturated carbocycles. The van der Waals surface area contributed by atoms with E-state index in [-0.39, 0.29) is 23.1 Å². The Hall–Kier alpha value is -2.38. The molecule has 1 saturated heterocycles. The number of nitrogens with one attached hydrogen (secondary N) is 1. The largest absolute Gasteiger partial charge is 0.416 e. The highest BCUT2D eigenvalue weighted by Gasteiger charge is 2.33. The zero-order valence-electron chi connectivity index (χ0n) is 18.4. The van der Waals surface area contributed by atoms with Gasteiger partial charge in [0.1, 0.15) is 6.33 Å². The van der Waals surface area contributed by atoms with Gasteiger partial charge in [-0.25, -0.2) is 9.97 Å². The van der Waals surface area contributed by atoms with Crippen LogP contribution in [0, 0.1) is 11.2 Å². The van der Waals surface area contributed by atoms with Gasteiger partial charge in [-0.3, -0.25) is 0 Å². The molecule has 2 aromatic rings. The molecule has 2 aliphatic rings. The van der Waals surface area contributed by atoms with Crippen molar-refractivity contribution in [3.05, 3.63) is 47.5 Å². The molecule has 2 fully saturated rings. The summed E-state index contributed by atoms with van der Waals surface area (Å²) in [5.41, 5.74) is 0.163. The van der Waals surface area contributed by atoms with Crippen molar-refractivity contribution in [2.75, 3.05) is 23.3 Å². The lowest BCUT2D eigenvalue weighted by Gasteiger charge is -2.29. The number of hydrogen-bond donors (Lipinski definition) is 1. The van der Waals surface area contributed by atoms with Crippen molar-refractivity contribution in [2.45, 2.75) is 70.5 Å². The molecule has 1 atom stereocenters. The van der Waals surface area contributed by atoms with Crippen molar-refractivity contribution in [1.82, 2.24) is 9.97 Å². The van der Waals surface area contributed by atoms with Crippen molar-refractivity contribution >= 4 is 11.6 Å². The van der Waals surface area contributed by atoms with Crippen LogP contribution in [0.15, 0.2) is 30.6 Å². The number of nitrogens with zero attached hydrogens (tertiary/aromatic N) is 3. The Bertz CT molecular complexity index is 905. The summed E-state index contributed by atoms with van der Waals surface area (Å²) in [5.74, 6) is -0.0991. The first-order chi connectivity index (χ1) is 15.3. The van der Waals surface area contributed by atoms with Crippen LogP contribution >= 0.6 is 0 Å². The number of anilines is 2. The maximum atomic E-state index is 15.4. The second-order valence-electron chi connectivity index (χ2n) is 9.41. The molecule has 8 heteroatoms. The fourth-order valence-electron chi connectivity index (χ4n) is 5.00. The topological polar surface area (TPSA) is 41.1 Å². The third-order valence-electron chi connectivity index (χ3n) is 6.91. The lowest BCUT2D eigenvalue weighted by atomic mass is 9.82. The average Bonchev–Trinajstić information content (AvgIpc) is 3.14. The SMILES string of the molecule is CC1(CNc2ncnc(N3CCCC3c3ccc(C(F)(F)F)cc3)c2F)CCCCCC1. The molecule has 1 unspecified atom stereocenters. The van der Waals surface area contributed by atoms with Gasteiger partial charge in [-0.05, 0) is 48.8 Å². The Kier molecular flexibility index (Phi) is 6.58. The van der Waals surface area contributed by atoms with E-state index in [2.05, 4.69) is 22.2 Å². The molecule has 2 heterocycles. The van der Waals surface area contributed by atoms with E-state index in [1.165, 1.54) is 44.1 Å². The number of rotatable bonds is 5. The van der Waals surface area contributed by atoms with Crippen LogP contribution in [0.5, 0.6) is 0 Å². The summed E-state index contributed by atoms with van der Waals surface area (Å²) in [5, 5.41) is 3.22. The molecule has 1 aromatic carbocycles. The van der Waals surface area contributed by atoms with Gasteiger partial charge in [-0.1, -0.05) is 44.7 Å². The summed E-state index contributed by atoms with van der Waals surface area (Å²) in [6.45, 7) is 3.49. The van der Waals surface area contributed by atoms with Gasteiger partial charge in [0.25, 0.3) is 0 Å². The lowest BCUT2D eigenvalue weighted by Crippen LogP contribution is -2.28. The molecule has 1 N–H and O–H groups in total. The van der Waals surface area contributed by atoms with Crippen molar-refractivity contribution in [1.29, 1.82) is 0 Å². The molecule has 1 aromatic heterocycles. The Balaban J connectivity index is 1.51. The Labute approximate surface area is 186 Å². The van der Waals surface area contributed by atoms with Gasteiger partial charge in [0.05, 0.1) is 11.6 Å². The molecule has 32 heavy (non-hydrogen) atoms. The van der Waals surface area contributed by atoms with Crippen LogP contribution in [-0.2, 0) is 6.18 Å². The monoisotopic (exact) mass is 450 g/mol. The summed E-state index contributed by atoms with van der Waals surface area (Å²) < 4.78 is 54.1. The Morgan fingerprint density at radius 2 is 1.72 bits per heavy atom. The minimum absolute atomic E-state index is 0.116. The quantitative estimate of drug-likeness (QED) is 0.404. The van der Waals surface area contributed by atoms with Crippen LogP contribution in [-0.4, -0.2) is 23.1 Å². The average molecular weight is 451 g/mol. The molecule has 4 nitrogen and oxygen atoms in total. The van der Waals surface area contributed by atoms with E-state index in [4.69, 9.17) is 0 Å². The maximum Gasteiger partial charge on any atom is 0.416 e. The van der Waals surface area contributed by atoms with E-state index in [1.807, 2.05) is 4.90 Å². The fourth-order valence-corrected chi connectivity index (χ4v) is 5.00. The van der Waals surface area contributed by atoms with Crippen LogP contribution in [0.25, 0.3) is 0 Å². The molecule has 0 radical (unpaired) electrons. The number of benzene rings is 1. The van der Waals surface area contributed by atoms with Crippen molar-refractivity contribution < 1.29 is 17.6 Å². The van der Waals surface area contributed by atoms with Crippen molar-refractivity contribution in [3.8, 4) is 0 Å². The van der Waals surface area contributed by atoms with Crippen molar-refractivity contribution in [3.63, 3.8) is 0 Å². The highest BCUT2D eigenvalue weighted by atomic mass is 19.4. The Morgan fingerprint density at radius 1 is 1.03 bits per heavy atom. The van der Waals surface area contributed by atoms with Crippen molar-refractivity contribution in [2.24, 2.45) is 5.41 Å². The molecule has 1 aliphatic carbocycles. The fraction of sp³-hybridized carbons (Fsp3) is 0.583. The zero-order valence-corrected chi connectivity index (χ0v) is 18.4. The van der Waals surface area contributed by atoms with Crippen LogP contribution in [0.1, 0.15) is 75.5 Å². The second-order valence-corrected chi connectivity index (χ2v) is 9.41. The maximum absolute atomic E-state index is 15.4. The second kappa shape index (κ2) is 9.24. The molecule has 0 amide bonds. The first-order valence-electron chi connectivity index (χ1n) is 11.5. The van der Waals surface area contributed by atoms with Crippen LogP contribution in [0.3, 0.4) is 0 Å². The van der Waals surface area contributed by atoms with Gasteiger partial charge < -0.3 is 10.2 Å². The highest BCUT2D eigenvalue weighted by Crippen LogP contribution is 2.39. The number of hydrogen-bond acceptors (Lipinski definition) is 4. The molecule has 174 valence electrons. The van der Waals surface area contributed by atoms with E-state index in [9.17, 15) is 13.2 Å². The third kappa shape index (κ3) is 4.99. The normalized spacial score (nSPS) is 21.4. The van der Waals surface area contributed by atoms with Gasteiger partial charge in [-0.15, -0.1) is 0 Å². The third-order valence-corrected chi connectivity index (χ3v) is 6.91. The van der Waals surface area contributed by atoms with E-state index < -0.39 is 17.6 Å². The number of halogens is 4. The molecule has 1 aliphatic heterocycles. The highest BCUT2D eigenvalue weighted by molar-refractivity contribution is 5.53. The first-order valence-corrected chi connectivity index (χ1v) is 11.5. The number of alkyl halides is 3. The van der Waals surface area contributed by atoms with E-state index >= 15 is 4.39 Å². The zero-order chi connectivity index (χ0) is 22.8. The first kappa shape index (κ1) is 22.8. The lowest BCUT2D eigenvalue weighted by molar-refractivity contribution is -0.137. The predicted octanol–water partition coefficient (Wildman–Crippen LogP) is 6.75. The molecule has 0 bridgehead atoms. The van der Waals surface area contributed by atoms with E-state index in [1.54, 1.807) is 0 Å². The summed E-state index contributed by atoms with van der Waals surface area (Å²) in [7, 11) is 0. The standard InChI is InChI=1S/C24H30F4N4/c1-23(12-4-2-3-5-13-23)15-29-21-20(25)22(31-16-30-21)32-14-6-7-19(32)17-8-10-18(11-9-17)24(26,27)28/h8-11,16,19H,2-7,12-15H2,1H3,(H,29,30,31). The molecule has 0 spiro atoms. The van der Waals surface area contributed by atoms with Gasteiger partial charge in [0.15, 0.2) is 11.6 Å². The smallest absolute Gasteiger partial charge is 0.367 e. The van der Waals surface area contributed by atoms with Gasteiger partial charge in [0, 0.05) is 13.1 Å². The van der Waals surface area contributed by atoms with Crippen LogP contribution in [0.2, 0.25) is 0 Å². The summed E-state index contributed by atoms with van der Waals surface area (Å²) in [4.78, 5) is 10.2. The minimum Gasteiger partial charge on any atom is -0.367 e. The molecular weight excluding hydrogens is 420 g/mol. The van der Waals surface area contributed by atoms with E-state index in [0.717, 1.165) is 43.4 Å². The number of aromatic nitrogens is 2. The summed E-state index contributed by atoms with van der Waals surface area (Å²) in [6.07, 6.45) is 5.65. The summed E-state index contributed by atoms with van der Waals surface area (Å²) in [6, 6.07) is 4.92. The van der Waals surface area contributed by atoms with Gasteiger partial charge in [-0.2, -0.15) is 17.6 Å². The van der Waals surface area contributed by atoms with Gasteiger partial charge in [0.2, 0.25) is 5.82 Å². The molecule has 4 rings (SSSR count). The molecular formula is C24H30F4N4.